The average Bonchev–Trinajstić information content (AvgIpc) is 2.97. The van der Waals surface area contributed by atoms with Gasteiger partial charge in [0, 0.05) is 32.2 Å². The van der Waals surface area contributed by atoms with Crippen molar-refractivity contribution in [3.63, 3.8) is 0 Å². The number of nitrogens with zero attached hydrogens (tertiary/aromatic N) is 1. The Morgan fingerprint density at radius 1 is 1.05 bits per heavy atom. The minimum atomic E-state index is -4.74. The summed E-state index contributed by atoms with van der Waals surface area (Å²) in [5.74, 6) is -0.815. The topological polar surface area (TPSA) is 111 Å². The van der Waals surface area contributed by atoms with E-state index >= 15 is 0 Å². The third-order valence-corrected chi connectivity index (χ3v) is 9.23. The van der Waals surface area contributed by atoms with Crippen LogP contribution in [0.2, 0.25) is 0 Å². The minimum absolute atomic E-state index is 0.0237. The normalized spacial score (nSPS) is 19.5. The van der Waals surface area contributed by atoms with Gasteiger partial charge < -0.3 is 19.5 Å². The summed E-state index contributed by atoms with van der Waals surface area (Å²) in [6.07, 6.45) is -3.80. The molecule has 2 fully saturated rings. The van der Waals surface area contributed by atoms with Crippen molar-refractivity contribution in [2.24, 2.45) is 0 Å². The maximum atomic E-state index is 13.6. The van der Waals surface area contributed by atoms with Gasteiger partial charge in [0.15, 0.2) is 6.10 Å². The van der Waals surface area contributed by atoms with Crippen molar-refractivity contribution in [1.82, 2.24) is 9.62 Å². The smallest absolute Gasteiger partial charge is 0.416 e. The van der Waals surface area contributed by atoms with Crippen LogP contribution >= 0.6 is 0 Å². The highest BCUT2D eigenvalue weighted by molar-refractivity contribution is 7.89. The average molecular weight is 627 g/mol. The van der Waals surface area contributed by atoms with Gasteiger partial charge in [-0.15, -0.1) is 0 Å². The Balaban J connectivity index is 1.56. The number of amides is 1. The summed E-state index contributed by atoms with van der Waals surface area (Å²) in [4.78, 5) is 26.4. The molecule has 0 spiro atoms. The van der Waals surface area contributed by atoms with Crippen LogP contribution in [0.4, 0.5) is 13.2 Å². The van der Waals surface area contributed by atoms with E-state index in [4.69, 9.17) is 14.2 Å². The van der Waals surface area contributed by atoms with Crippen molar-refractivity contribution in [1.29, 1.82) is 0 Å². The molecule has 2 aromatic carbocycles. The first-order valence-electron chi connectivity index (χ1n) is 14.4. The Morgan fingerprint density at radius 3 is 2.40 bits per heavy atom. The molecule has 0 aromatic heterocycles. The summed E-state index contributed by atoms with van der Waals surface area (Å²) < 4.78 is 84.6. The summed E-state index contributed by atoms with van der Waals surface area (Å²) >= 11 is 0. The molecule has 0 aliphatic carbocycles. The fourth-order valence-electron chi connectivity index (χ4n) is 5.13. The highest BCUT2D eigenvalue weighted by atomic mass is 32.2. The number of alkyl halides is 3. The molecule has 1 N–H and O–H groups in total. The van der Waals surface area contributed by atoms with E-state index in [9.17, 15) is 31.2 Å². The van der Waals surface area contributed by atoms with Gasteiger partial charge in [0.25, 0.3) is 5.91 Å². The third kappa shape index (κ3) is 8.70. The van der Waals surface area contributed by atoms with Crippen LogP contribution in [0.3, 0.4) is 0 Å². The summed E-state index contributed by atoms with van der Waals surface area (Å²) in [6.45, 7) is 4.68. The molecule has 2 atom stereocenters. The maximum absolute atomic E-state index is 13.6. The van der Waals surface area contributed by atoms with Gasteiger partial charge in [-0.05, 0) is 81.8 Å². The molecule has 0 bridgehead atoms. The highest BCUT2D eigenvalue weighted by Gasteiger charge is 2.41. The van der Waals surface area contributed by atoms with E-state index < -0.39 is 50.7 Å². The SMILES string of the molecule is CC(C)Oc1ccc(C[C@H](OC(=O)[C@@H]2CCCCN2S(=O)(=O)c2cccc(C(F)(F)F)c2)C(=O)NC2CCOCC2)cc1. The molecule has 2 heterocycles. The molecule has 2 aliphatic rings. The standard InChI is InChI=1S/C30H37F3N2O7S/c1-20(2)41-24-11-9-21(10-12-24)18-27(28(36)34-23-13-16-40-17-14-23)42-29(37)26-8-3-4-15-35(26)43(38,39)25-7-5-6-22(19-25)30(31,32)33/h5-7,9-12,19-20,23,26-27H,3-4,8,13-18H2,1-2H3,(H,34,36)/t26-,27-/m0/s1. The first kappa shape index (κ1) is 32.7. The van der Waals surface area contributed by atoms with Crippen LogP contribution < -0.4 is 10.1 Å². The van der Waals surface area contributed by atoms with Gasteiger partial charge in [-0.2, -0.15) is 17.5 Å². The van der Waals surface area contributed by atoms with Crippen LogP contribution in [0.25, 0.3) is 0 Å². The van der Waals surface area contributed by atoms with Crippen molar-refractivity contribution in [3.8, 4) is 5.75 Å². The Kier molecular flexibility index (Phi) is 10.7. The number of hydrogen-bond acceptors (Lipinski definition) is 7. The van der Waals surface area contributed by atoms with Crippen molar-refractivity contribution in [2.75, 3.05) is 19.8 Å². The van der Waals surface area contributed by atoms with Crippen molar-refractivity contribution >= 4 is 21.9 Å². The zero-order valence-corrected chi connectivity index (χ0v) is 25.0. The van der Waals surface area contributed by atoms with Gasteiger partial charge in [-0.3, -0.25) is 9.59 Å². The molecular weight excluding hydrogens is 589 g/mol. The fourth-order valence-corrected chi connectivity index (χ4v) is 6.82. The number of nitrogens with one attached hydrogen (secondary N) is 1. The second-order valence-electron chi connectivity index (χ2n) is 11.0. The van der Waals surface area contributed by atoms with Gasteiger partial charge in [-0.1, -0.05) is 18.2 Å². The van der Waals surface area contributed by atoms with E-state index in [1.165, 1.54) is 0 Å². The molecule has 0 radical (unpaired) electrons. The lowest BCUT2D eigenvalue weighted by molar-refractivity contribution is -0.160. The number of sulfonamides is 1. The zero-order chi connectivity index (χ0) is 31.2. The van der Waals surface area contributed by atoms with E-state index in [0.29, 0.717) is 56.3 Å². The Hall–Kier alpha value is -3.16. The number of ether oxygens (including phenoxy) is 3. The van der Waals surface area contributed by atoms with Crippen molar-refractivity contribution in [3.05, 3.63) is 59.7 Å². The lowest BCUT2D eigenvalue weighted by Gasteiger charge is -2.34. The molecule has 9 nitrogen and oxygen atoms in total. The molecule has 236 valence electrons. The van der Waals surface area contributed by atoms with Crippen LogP contribution in [-0.4, -0.2) is 68.6 Å². The van der Waals surface area contributed by atoms with Crippen LogP contribution in [0, 0.1) is 0 Å². The number of benzene rings is 2. The van der Waals surface area contributed by atoms with E-state index in [0.717, 1.165) is 22.5 Å². The van der Waals surface area contributed by atoms with Gasteiger partial charge in [0.2, 0.25) is 10.0 Å². The zero-order valence-electron chi connectivity index (χ0n) is 24.1. The number of rotatable bonds is 10. The van der Waals surface area contributed by atoms with Crippen LogP contribution in [0.5, 0.6) is 5.75 Å². The number of carbonyl (C=O) groups excluding carboxylic acids is 2. The number of halogens is 3. The van der Waals surface area contributed by atoms with Gasteiger partial charge in [-0.25, -0.2) is 8.42 Å². The summed E-state index contributed by atoms with van der Waals surface area (Å²) in [6, 6.07) is 8.96. The van der Waals surface area contributed by atoms with Gasteiger partial charge in [0.05, 0.1) is 16.6 Å². The second kappa shape index (κ2) is 14.1. The van der Waals surface area contributed by atoms with Crippen molar-refractivity contribution in [2.45, 2.75) is 87.7 Å². The molecule has 4 rings (SSSR count). The molecule has 2 aromatic rings. The summed E-state index contributed by atoms with van der Waals surface area (Å²) in [5.41, 5.74) is -0.424. The van der Waals surface area contributed by atoms with E-state index in [1.54, 1.807) is 24.3 Å². The largest absolute Gasteiger partial charge is 0.491 e. The predicted molar refractivity (Wildman–Crippen MR) is 151 cm³/mol. The second-order valence-corrected chi connectivity index (χ2v) is 12.9. The predicted octanol–water partition coefficient (Wildman–Crippen LogP) is 4.49. The molecule has 1 amide bonds. The molecule has 43 heavy (non-hydrogen) atoms. The first-order chi connectivity index (χ1) is 20.3. The third-order valence-electron chi connectivity index (χ3n) is 7.33. The lowest BCUT2D eigenvalue weighted by Crippen LogP contribution is -2.51. The molecular formula is C30H37F3N2O7S. The molecule has 2 saturated heterocycles. The minimum Gasteiger partial charge on any atom is -0.491 e. The quantitative estimate of drug-likeness (QED) is 0.387. The first-order valence-corrected chi connectivity index (χ1v) is 15.8. The molecule has 13 heteroatoms. The van der Waals surface area contributed by atoms with Crippen LogP contribution in [0.15, 0.2) is 53.4 Å². The Labute approximate surface area is 249 Å². The molecule has 2 aliphatic heterocycles. The monoisotopic (exact) mass is 626 g/mol. The lowest BCUT2D eigenvalue weighted by atomic mass is 10.0. The number of esters is 1. The highest BCUT2D eigenvalue weighted by Crippen LogP contribution is 2.33. The Bertz CT molecular complexity index is 1360. The number of piperidine rings is 1. The number of hydrogen-bond donors (Lipinski definition) is 1. The van der Waals surface area contributed by atoms with E-state index in [-0.39, 0.29) is 31.5 Å². The van der Waals surface area contributed by atoms with Crippen LogP contribution in [0.1, 0.15) is 57.1 Å². The molecule has 0 saturated carbocycles. The Morgan fingerprint density at radius 2 is 1.74 bits per heavy atom. The summed E-state index contributed by atoms with van der Waals surface area (Å²) in [5, 5.41) is 2.91. The van der Waals surface area contributed by atoms with Gasteiger partial charge in [0.1, 0.15) is 11.8 Å². The van der Waals surface area contributed by atoms with Gasteiger partial charge >= 0.3 is 12.1 Å². The maximum Gasteiger partial charge on any atom is 0.416 e. The fraction of sp³-hybridized carbons (Fsp3) is 0.533. The van der Waals surface area contributed by atoms with Crippen molar-refractivity contribution < 1.29 is 45.4 Å². The molecule has 0 unspecified atom stereocenters. The number of carbonyl (C=O) groups is 2. The van der Waals surface area contributed by atoms with E-state index in [2.05, 4.69) is 5.32 Å². The van der Waals surface area contributed by atoms with Crippen LogP contribution in [-0.2, 0) is 41.7 Å². The van der Waals surface area contributed by atoms with E-state index in [1.807, 2.05) is 13.8 Å². The summed E-state index contributed by atoms with van der Waals surface area (Å²) in [7, 11) is -4.49.